The molecule has 0 aliphatic carbocycles. The molecule has 0 aromatic heterocycles. The molecule has 6 aromatic carbocycles. The van der Waals surface area contributed by atoms with E-state index in [1.165, 1.54) is 71.2 Å². The summed E-state index contributed by atoms with van der Waals surface area (Å²) >= 11 is 0. The standard InChI is InChI=1S/C48H50O2/c1-3-5-7-13-31-49-47-29-27-43(35-45(47)25-21-37-19-23-39-15-9-11-17-41(39)33-37)44-28-30-48(50-32-14-8-6-4-2)46(36-44)26-22-38-20-24-40-16-10-12-18-42(40)34-38/h9-12,15-30,33-36H,3-8,13-14,31-32H2,1-2H3/b25-21+,26-22+. The maximum Gasteiger partial charge on any atom is 0.126 e. The molecule has 0 aliphatic rings. The highest BCUT2D eigenvalue weighted by molar-refractivity contribution is 5.88. The van der Waals surface area contributed by atoms with Gasteiger partial charge in [-0.25, -0.2) is 0 Å². The maximum atomic E-state index is 6.38. The molecule has 0 saturated heterocycles. The molecule has 0 heterocycles. The van der Waals surface area contributed by atoms with Crippen LogP contribution in [0.1, 0.15) is 87.5 Å². The Morgan fingerprint density at radius 1 is 0.400 bits per heavy atom. The molecule has 0 saturated carbocycles. The molecule has 6 aromatic rings. The van der Waals surface area contributed by atoms with Gasteiger partial charge in [-0.1, -0.05) is 162 Å². The van der Waals surface area contributed by atoms with E-state index in [-0.39, 0.29) is 0 Å². The summed E-state index contributed by atoms with van der Waals surface area (Å²) in [5.74, 6) is 1.84. The van der Waals surface area contributed by atoms with Crippen molar-refractivity contribution in [3.05, 3.63) is 144 Å². The summed E-state index contributed by atoms with van der Waals surface area (Å²) < 4.78 is 12.8. The van der Waals surface area contributed by atoms with E-state index in [0.29, 0.717) is 0 Å². The molecular formula is C48H50O2. The molecule has 254 valence electrons. The van der Waals surface area contributed by atoms with E-state index in [4.69, 9.17) is 9.47 Å². The molecule has 0 fully saturated rings. The topological polar surface area (TPSA) is 18.5 Å². The fraction of sp³-hybridized carbons (Fsp3) is 0.250. The van der Waals surface area contributed by atoms with Gasteiger partial charge < -0.3 is 9.47 Å². The van der Waals surface area contributed by atoms with Crippen LogP contribution in [-0.4, -0.2) is 13.2 Å². The van der Waals surface area contributed by atoms with Crippen molar-refractivity contribution in [3.63, 3.8) is 0 Å². The van der Waals surface area contributed by atoms with Crippen LogP contribution in [0.15, 0.2) is 121 Å². The average molecular weight is 659 g/mol. The van der Waals surface area contributed by atoms with Gasteiger partial charge in [0.2, 0.25) is 0 Å². The van der Waals surface area contributed by atoms with Crippen molar-refractivity contribution in [1.29, 1.82) is 0 Å². The summed E-state index contributed by atoms with van der Waals surface area (Å²) in [5.41, 5.74) is 6.80. The fourth-order valence-electron chi connectivity index (χ4n) is 6.40. The molecular weight excluding hydrogens is 609 g/mol. The highest BCUT2D eigenvalue weighted by Crippen LogP contribution is 2.33. The largest absolute Gasteiger partial charge is 0.493 e. The lowest BCUT2D eigenvalue weighted by Gasteiger charge is -2.14. The number of unbranched alkanes of at least 4 members (excludes halogenated alkanes) is 6. The first kappa shape index (κ1) is 34.8. The Labute approximate surface area is 299 Å². The Kier molecular flexibility index (Phi) is 12.6. The van der Waals surface area contributed by atoms with Gasteiger partial charge in [-0.15, -0.1) is 0 Å². The Balaban J connectivity index is 1.31. The van der Waals surface area contributed by atoms with Crippen molar-refractivity contribution >= 4 is 45.8 Å². The van der Waals surface area contributed by atoms with Crippen LogP contribution in [0, 0.1) is 0 Å². The van der Waals surface area contributed by atoms with E-state index >= 15 is 0 Å². The molecule has 0 spiro atoms. The van der Waals surface area contributed by atoms with Gasteiger partial charge in [0.05, 0.1) is 13.2 Å². The summed E-state index contributed by atoms with van der Waals surface area (Å²) in [6.45, 7) is 5.94. The van der Waals surface area contributed by atoms with Gasteiger partial charge >= 0.3 is 0 Å². The monoisotopic (exact) mass is 658 g/mol. The Morgan fingerprint density at radius 2 is 0.840 bits per heavy atom. The molecule has 6 rings (SSSR count). The first-order chi connectivity index (χ1) is 24.7. The maximum absolute atomic E-state index is 6.38. The number of fused-ring (bicyclic) bond motifs is 2. The first-order valence-electron chi connectivity index (χ1n) is 18.6. The minimum absolute atomic E-state index is 0.726. The second-order valence-corrected chi connectivity index (χ2v) is 13.2. The Bertz CT molecular complexity index is 1900. The van der Waals surface area contributed by atoms with Crippen LogP contribution < -0.4 is 9.47 Å². The number of hydrogen-bond donors (Lipinski definition) is 0. The predicted molar refractivity (Wildman–Crippen MR) is 217 cm³/mol. The van der Waals surface area contributed by atoms with Gasteiger partial charge in [0.25, 0.3) is 0 Å². The summed E-state index contributed by atoms with van der Waals surface area (Å²) in [4.78, 5) is 0. The van der Waals surface area contributed by atoms with Crippen LogP contribution in [0.4, 0.5) is 0 Å². The summed E-state index contributed by atoms with van der Waals surface area (Å²) in [7, 11) is 0. The third-order valence-electron chi connectivity index (χ3n) is 9.32. The molecule has 2 nitrogen and oxygen atoms in total. The average Bonchev–Trinajstić information content (AvgIpc) is 3.16. The van der Waals surface area contributed by atoms with E-state index in [9.17, 15) is 0 Å². The molecule has 0 unspecified atom stereocenters. The molecule has 0 aliphatic heterocycles. The van der Waals surface area contributed by atoms with E-state index in [1.54, 1.807) is 0 Å². The highest BCUT2D eigenvalue weighted by atomic mass is 16.5. The van der Waals surface area contributed by atoms with Gasteiger partial charge in [0.1, 0.15) is 11.5 Å². The third kappa shape index (κ3) is 9.54. The normalized spacial score (nSPS) is 11.6. The fourth-order valence-corrected chi connectivity index (χ4v) is 6.40. The van der Waals surface area contributed by atoms with Gasteiger partial charge in [0, 0.05) is 11.1 Å². The zero-order valence-electron chi connectivity index (χ0n) is 29.7. The lowest BCUT2D eigenvalue weighted by molar-refractivity contribution is 0.304. The van der Waals surface area contributed by atoms with Crippen molar-refractivity contribution in [3.8, 4) is 22.6 Å². The molecule has 0 radical (unpaired) electrons. The van der Waals surface area contributed by atoms with Crippen molar-refractivity contribution < 1.29 is 9.47 Å². The van der Waals surface area contributed by atoms with Crippen molar-refractivity contribution in [2.75, 3.05) is 13.2 Å². The van der Waals surface area contributed by atoms with Gasteiger partial charge in [0.15, 0.2) is 0 Å². The van der Waals surface area contributed by atoms with E-state index in [2.05, 4.69) is 159 Å². The number of hydrogen-bond acceptors (Lipinski definition) is 2. The summed E-state index contributed by atoms with van der Waals surface area (Å²) in [6, 6.07) is 43.4. The quantitative estimate of drug-likeness (QED) is 0.0717. The van der Waals surface area contributed by atoms with Crippen LogP contribution in [-0.2, 0) is 0 Å². The minimum atomic E-state index is 0.726. The molecule has 2 heteroatoms. The van der Waals surface area contributed by atoms with Gasteiger partial charge in [-0.3, -0.25) is 0 Å². The molecule has 0 bridgehead atoms. The van der Waals surface area contributed by atoms with Crippen LogP contribution in [0.5, 0.6) is 11.5 Å². The van der Waals surface area contributed by atoms with E-state index in [1.807, 2.05) is 0 Å². The van der Waals surface area contributed by atoms with Crippen molar-refractivity contribution in [2.24, 2.45) is 0 Å². The number of rotatable bonds is 17. The first-order valence-corrected chi connectivity index (χ1v) is 18.6. The number of ether oxygens (including phenoxy) is 2. The molecule has 0 atom stereocenters. The molecule has 50 heavy (non-hydrogen) atoms. The van der Waals surface area contributed by atoms with Gasteiger partial charge in [-0.2, -0.15) is 0 Å². The SMILES string of the molecule is CCCCCCOc1ccc(-c2ccc(OCCCCCC)c(/C=C/c3ccc4ccccc4c3)c2)cc1/C=C/c1ccc2ccccc2c1. The van der Waals surface area contributed by atoms with Gasteiger partial charge in [-0.05, 0) is 93.0 Å². The molecule has 0 amide bonds. The van der Waals surface area contributed by atoms with E-state index in [0.717, 1.165) is 59.8 Å². The summed E-state index contributed by atoms with van der Waals surface area (Å²) in [6.07, 6.45) is 18.2. The van der Waals surface area contributed by atoms with Crippen molar-refractivity contribution in [2.45, 2.75) is 65.2 Å². The van der Waals surface area contributed by atoms with Crippen LogP contribution in [0.25, 0.3) is 57.0 Å². The summed E-state index contributed by atoms with van der Waals surface area (Å²) in [5, 5.41) is 4.99. The van der Waals surface area contributed by atoms with E-state index < -0.39 is 0 Å². The zero-order chi connectivity index (χ0) is 34.4. The smallest absolute Gasteiger partial charge is 0.126 e. The zero-order valence-corrected chi connectivity index (χ0v) is 29.7. The van der Waals surface area contributed by atoms with Crippen LogP contribution in [0.2, 0.25) is 0 Å². The lowest BCUT2D eigenvalue weighted by Crippen LogP contribution is -2.00. The lowest BCUT2D eigenvalue weighted by atomic mass is 9.98. The predicted octanol–water partition coefficient (Wildman–Crippen LogP) is 13.9. The van der Waals surface area contributed by atoms with Crippen LogP contribution in [0.3, 0.4) is 0 Å². The minimum Gasteiger partial charge on any atom is -0.493 e. The second-order valence-electron chi connectivity index (χ2n) is 13.2. The Morgan fingerprint density at radius 3 is 1.28 bits per heavy atom. The number of benzene rings is 6. The third-order valence-corrected chi connectivity index (χ3v) is 9.32. The second kappa shape index (κ2) is 18.1. The van der Waals surface area contributed by atoms with Crippen molar-refractivity contribution in [1.82, 2.24) is 0 Å². The Hall–Kier alpha value is -5.08. The molecule has 0 N–H and O–H groups in total. The van der Waals surface area contributed by atoms with Crippen LogP contribution >= 0.6 is 0 Å². The highest BCUT2D eigenvalue weighted by Gasteiger charge is 2.09.